The normalized spacial score (nSPS) is 11.0. The zero-order valence-electron chi connectivity index (χ0n) is 18.4. The summed E-state index contributed by atoms with van der Waals surface area (Å²) < 4.78 is 7.03. The first-order valence-electron chi connectivity index (χ1n) is 9.69. The third-order valence-electron chi connectivity index (χ3n) is 4.87. The van der Waals surface area contributed by atoms with E-state index in [0.29, 0.717) is 28.4 Å². The Morgan fingerprint density at radius 1 is 1.10 bits per heavy atom. The van der Waals surface area contributed by atoms with E-state index in [0.717, 1.165) is 22.3 Å². The van der Waals surface area contributed by atoms with Gasteiger partial charge in [0.15, 0.2) is 0 Å². The summed E-state index contributed by atoms with van der Waals surface area (Å²) in [5.41, 5.74) is 5.18. The van der Waals surface area contributed by atoms with Crippen molar-refractivity contribution in [2.45, 2.75) is 61.9 Å². The van der Waals surface area contributed by atoms with Crippen LogP contribution in [0.1, 0.15) is 74.3 Å². The first kappa shape index (κ1) is 22.9. The molecule has 0 unspecified atom stereocenters. The molecule has 1 heterocycles. The Hall–Kier alpha value is -2.40. The van der Waals surface area contributed by atoms with E-state index in [-0.39, 0.29) is 17.6 Å². The lowest BCUT2D eigenvalue weighted by Crippen LogP contribution is -2.14. The molecule has 156 valence electrons. The highest BCUT2D eigenvalue weighted by Crippen LogP contribution is 2.34. The second-order valence-electron chi connectivity index (χ2n) is 7.98. The monoisotopic (exact) mass is 416 g/mol. The zero-order valence-corrected chi connectivity index (χ0v) is 19.2. The number of hydrogen-bond acceptors (Lipinski definition) is 4. The fraction of sp³-hybridized carbons (Fsp3) is 0.435. The van der Waals surface area contributed by atoms with Crippen LogP contribution in [0.5, 0.6) is 5.88 Å². The topological polar surface area (TPSA) is 61.2 Å². The molecule has 2 rings (SSSR count). The van der Waals surface area contributed by atoms with Crippen LogP contribution < -0.4 is 4.74 Å². The molecule has 29 heavy (non-hydrogen) atoms. The summed E-state index contributed by atoms with van der Waals surface area (Å²) >= 11 is 6.45. The molecule has 0 bridgehead atoms. The molecule has 0 radical (unpaired) electrons. The number of carbonyl (C=O) groups is 2. The number of allylic oxidation sites excluding steroid dienone is 2. The molecule has 0 atom stereocenters. The van der Waals surface area contributed by atoms with Crippen molar-refractivity contribution in [1.82, 2.24) is 9.78 Å². The lowest BCUT2D eigenvalue weighted by atomic mass is 9.91. The van der Waals surface area contributed by atoms with Gasteiger partial charge < -0.3 is 4.74 Å². The number of esters is 1. The molecule has 0 amide bonds. The number of rotatable bonds is 6. The predicted molar refractivity (Wildman–Crippen MR) is 117 cm³/mol. The highest BCUT2D eigenvalue weighted by Gasteiger charge is 2.27. The van der Waals surface area contributed by atoms with Crippen LogP contribution in [0.3, 0.4) is 0 Å². The lowest BCUT2D eigenvalue weighted by molar-refractivity contribution is -0.132. The van der Waals surface area contributed by atoms with Gasteiger partial charge >= 0.3 is 5.97 Å². The van der Waals surface area contributed by atoms with Gasteiger partial charge in [-0.3, -0.25) is 9.59 Å². The average molecular weight is 417 g/mol. The number of aryl methyl sites for hydroxylation is 1. The Morgan fingerprint density at radius 3 is 2.24 bits per heavy atom. The quantitative estimate of drug-likeness (QED) is 0.442. The number of ketones is 1. The third-order valence-corrected chi connectivity index (χ3v) is 5.19. The number of nitrogens with zero attached hydrogens (tertiary/aromatic N) is 2. The van der Waals surface area contributed by atoms with Crippen molar-refractivity contribution < 1.29 is 14.3 Å². The molecule has 0 aliphatic rings. The Balaban J connectivity index is 2.70. The van der Waals surface area contributed by atoms with Gasteiger partial charge in [-0.05, 0) is 69.4 Å². The van der Waals surface area contributed by atoms with E-state index in [1.807, 2.05) is 41.5 Å². The molecule has 0 saturated heterocycles. The van der Waals surface area contributed by atoms with Gasteiger partial charge in [-0.2, -0.15) is 5.10 Å². The fourth-order valence-corrected chi connectivity index (χ4v) is 3.65. The van der Waals surface area contributed by atoms with E-state index < -0.39 is 5.97 Å². The summed E-state index contributed by atoms with van der Waals surface area (Å²) in [6.07, 6.45) is 0. The summed E-state index contributed by atoms with van der Waals surface area (Å²) in [7, 11) is 0. The van der Waals surface area contributed by atoms with E-state index >= 15 is 0 Å². The van der Waals surface area contributed by atoms with Crippen molar-refractivity contribution in [3.05, 3.63) is 50.7 Å². The second kappa shape index (κ2) is 8.95. The molecule has 0 N–H and O–H groups in total. The Morgan fingerprint density at radius 2 is 1.72 bits per heavy atom. The van der Waals surface area contributed by atoms with Crippen LogP contribution in [0.15, 0.2) is 17.7 Å². The van der Waals surface area contributed by atoms with Crippen molar-refractivity contribution in [2.75, 3.05) is 0 Å². The average Bonchev–Trinajstić information content (AvgIpc) is 2.87. The maximum atomic E-state index is 13.5. The number of aromatic nitrogens is 2. The van der Waals surface area contributed by atoms with Crippen LogP contribution in [0, 0.1) is 19.8 Å². The fourth-order valence-electron chi connectivity index (χ4n) is 3.30. The smallest absolute Gasteiger partial charge is 0.309 e. The lowest BCUT2D eigenvalue weighted by Gasteiger charge is -2.15. The van der Waals surface area contributed by atoms with Crippen LogP contribution in [-0.2, 0) is 11.3 Å². The van der Waals surface area contributed by atoms with Gasteiger partial charge in [0.2, 0.25) is 11.7 Å². The van der Waals surface area contributed by atoms with Crippen molar-refractivity contribution in [1.29, 1.82) is 0 Å². The molecule has 5 nitrogen and oxygen atoms in total. The summed E-state index contributed by atoms with van der Waals surface area (Å²) in [6.45, 7) is 15.6. The molecule has 0 spiro atoms. The molecule has 2 aromatic rings. The van der Waals surface area contributed by atoms with Gasteiger partial charge in [0.1, 0.15) is 5.56 Å². The highest BCUT2D eigenvalue weighted by molar-refractivity contribution is 6.32. The summed E-state index contributed by atoms with van der Waals surface area (Å²) in [5, 5.41) is 5.07. The number of hydrogen-bond donors (Lipinski definition) is 0. The SMILES string of the molecule is CC(=O)Oc1c(C(=O)c2ccc(Cl)c(C(C)=C(C)C)c2C)c(C)nn1CC(C)C. The van der Waals surface area contributed by atoms with Crippen LogP contribution in [0.4, 0.5) is 0 Å². The summed E-state index contributed by atoms with van der Waals surface area (Å²) in [5.74, 6) is -0.247. The first-order chi connectivity index (χ1) is 13.5. The van der Waals surface area contributed by atoms with Gasteiger partial charge in [0.25, 0.3) is 0 Å². The van der Waals surface area contributed by atoms with Crippen molar-refractivity contribution in [2.24, 2.45) is 5.92 Å². The van der Waals surface area contributed by atoms with Crippen LogP contribution in [0.2, 0.25) is 5.02 Å². The molecule has 0 aliphatic carbocycles. The van der Waals surface area contributed by atoms with Gasteiger partial charge in [0.05, 0.1) is 5.69 Å². The maximum Gasteiger partial charge on any atom is 0.309 e. The molecule has 1 aromatic carbocycles. The number of ether oxygens (including phenoxy) is 1. The largest absolute Gasteiger partial charge is 0.407 e. The standard InChI is InChI=1S/C23H29ClN2O3/c1-12(2)11-26-23(29-17(8)27)21(16(7)25-26)22(28)18-9-10-19(24)20(15(18)6)14(5)13(3)4/h9-10,12H,11H2,1-8H3. The molecule has 1 aromatic heterocycles. The number of halogens is 1. The van der Waals surface area contributed by atoms with E-state index in [9.17, 15) is 9.59 Å². The van der Waals surface area contributed by atoms with Gasteiger partial charge in [-0.1, -0.05) is 31.0 Å². The molecule has 6 heteroatoms. The van der Waals surface area contributed by atoms with Gasteiger partial charge in [-0.25, -0.2) is 4.68 Å². The Bertz CT molecular complexity index is 996. The molecule has 0 fully saturated rings. The van der Waals surface area contributed by atoms with E-state index in [1.54, 1.807) is 23.7 Å². The number of carbonyl (C=O) groups excluding carboxylic acids is 2. The number of benzene rings is 1. The molecular formula is C23H29ClN2O3. The maximum absolute atomic E-state index is 13.5. The molecule has 0 saturated carbocycles. The minimum Gasteiger partial charge on any atom is -0.407 e. The van der Waals surface area contributed by atoms with Crippen molar-refractivity contribution in [3.8, 4) is 5.88 Å². The third kappa shape index (κ3) is 4.78. The first-order valence-corrected chi connectivity index (χ1v) is 10.1. The van der Waals surface area contributed by atoms with Gasteiger partial charge in [-0.15, -0.1) is 0 Å². The van der Waals surface area contributed by atoms with Crippen molar-refractivity contribution >= 4 is 28.9 Å². The molecule has 0 aliphatic heterocycles. The minimum atomic E-state index is -0.488. The van der Waals surface area contributed by atoms with Crippen LogP contribution in [-0.4, -0.2) is 21.5 Å². The summed E-state index contributed by atoms with van der Waals surface area (Å²) in [6, 6.07) is 3.46. The zero-order chi connectivity index (χ0) is 22.0. The Kier molecular flexibility index (Phi) is 7.06. The second-order valence-corrected chi connectivity index (χ2v) is 8.39. The summed E-state index contributed by atoms with van der Waals surface area (Å²) in [4.78, 5) is 25.2. The highest BCUT2D eigenvalue weighted by atomic mass is 35.5. The van der Waals surface area contributed by atoms with Crippen LogP contribution in [0.25, 0.3) is 5.57 Å². The predicted octanol–water partition coefficient (Wildman–Crippen LogP) is 5.78. The molecular weight excluding hydrogens is 388 g/mol. The van der Waals surface area contributed by atoms with E-state index in [2.05, 4.69) is 5.10 Å². The minimum absolute atomic E-state index is 0.198. The Labute approximate surface area is 177 Å². The van der Waals surface area contributed by atoms with Gasteiger partial charge in [0, 0.05) is 24.1 Å². The van der Waals surface area contributed by atoms with Crippen molar-refractivity contribution in [3.63, 3.8) is 0 Å². The van der Waals surface area contributed by atoms with Crippen LogP contribution >= 0.6 is 11.6 Å². The van der Waals surface area contributed by atoms with E-state index in [4.69, 9.17) is 16.3 Å². The van der Waals surface area contributed by atoms with E-state index in [1.165, 1.54) is 6.92 Å².